The molecule has 0 bridgehead atoms. The fourth-order valence-corrected chi connectivity index (χ4v) is 0.871. The standard InChI is InChI=1S/C8H8FNO/c1-5-2-6(4-10)8(11)7(9)3-5/h2-4,10-11H,1H3. The van der Waals surface area contributed by atoms with Gasteiger partial charge in [0.2, 0.25) is 0 Å². The number of phenolic OH excluding ortho intramolecular Hbond substituents is 1. The molecule has 0 aromatic heterocycles. The topological polar surface area (TPSA) is 44.1 Å². The van der Waals surface area contributed by atoms with E-state index in [2.05, 4.69) is 0 Å². The maximum Gasteiger partial charge on any atom is 0.165 e. The first-order valence-corrected chi connectivity index (χ1v) is 3.14. The average molecular weight is 153 g/mol. The molecular formula is C8H8FNO. The minimum atomic E-state index is -0.677. The van der Waals surface area contributed by atoms with Gasteiger partial charge in [0, 0.05) is 11.8 Å². The van der Waals surface area contributed by atoms with E-state index in [1.54, 1.807) is 13.0 Å². The molecule has 11 heavy (non-hydrogen) atoms. The molecule has 0 aliphatic rings. The third-order valence-electron chi connectivity index (χ3n) is 1.39. The number of phenols is 1. The van der Waals surface area contributed by atoms with Crippen molar-refractivity contribution in [3.63, 3.8) is 0 Å². The lowest BCUT2D eigenvalue weighted by molar-refractivity contribution is 0.431. The first kappa shape index (κ1) is 7.72. The Morgan fingerprint density at radius 3 is 2.73 bits per heavy atom. The predicted octanol–water partition coefficient (Wildman–Crippen LogP) is 1.84. The second-order valence-corrected chi connectivity index (χ2v) is 2.33. The highest BCUT2D eigenvalue weighted by atomic mass is 19.1. The van der Waals surface area contributed by atoms with E-state index in [0.29, 0.717) is 5.56 Å². The van der Waals surface area contributed by atoms with Crippen LogP contribution in [0.2, 0.25) is 0 Å². The highest BCUT2D eigenvalue weighted by molar-refractivity contribution is 5.81. The summed E-state index contributed by atoms with van der Waals surface area (Å²) in [5, 5.41) is 15.8. The van der Waals surface area contributed by atoms with Crippen molar-refractivity contribution in [1.29, 1.82) is 5.41 Å². The van der Waals surface area contributed by atoms with E-state index in [9.17, 15) is 4.39 Å². The summed E-state index contributed by atoms with van der Waals surface area (Å²) in [5.41, 5.74) is 0.904. The van der Waals surface area contributed by atoms with Gasteiger partial charge in [0.05, 0.1) is 0 Å². The largest absolute Gasteiger partial charge is 0.504 e. The Kier molecular flexibility index (Phi) is 1.89. The third kappa shape index (κ3) is 1.37. The Bertz CT molecular complexity index is 296. The number of nitrogens with one attached hydrogen (secondary N) is 1. The fourth-order valence-electron chi connectivity index (χ4n) is 0.871. The van der Waals surface area contributed by atoms with E-state index in [1.165, 1.54) is 6.07 Å². The molecule has 0 radical (unpaired) electrons. The van der Waals surface area contributed by atoms with Crippen LogP contribution in [-0.2, 0) is 0 Å². The molecule has 3 heteroatoms. The molecule has 0 saturated heterocycles. The maximum absolute atomic E-state index is 12.7. The smallest absolute Gasteiger partial charge is 0.165 e. The zero-order chi connectivity index (χ0) is 8.43. The van der Waals surface area contributed by atoms with Gasteiger partial charge in [-0.15, -0.1) is 0 Å². The lowest BCUT2D eigenvalue weighted by Crippen LogP contribution is -1.87. The van der Waals surface area contributed by atoms with Gasteiger partial charge in [0.15, 0.2) is 11.6 Å². The quantitative estimate of drug-likeness (QED) is 0.594. The van der Waals surface area contributed by atoms with Gasteiger partial charge in [-0.1, -0.05) is 0 Å². The summed E-state index contributed by atoms with van der Waals surface area (Å²) >= 11 is 0. The van der Waals surface area contributed by atoms with Crippen LogP contribution in [0.5, 0.6) is 5.75 Å². The molecule has 0 aliphatic heterocycles. The van der Waals surface area contributed by atoms with Gasteiger partial charge < -0.3 is 10.5 Å². The van der Waals surface area contributed by atoms with Crippen LogP contribution in [0.4, 0.5) is 4.39 Å². The number of aromatic hydroxyl groups is 1. The van der Waals surface area contributed by atoms with Crippen molar-refractivity contribution < 1.29 is 9.50 Å². The molecule has 0 atom stereocenters. The normalized spacial score (nSPS) is 9.64. The number of aryl methyl sites for hydroxylation is 1. The van der Waals surface area contributed by atoms with Crippen LogP contribution < -0.4 is 0 Å². The maximum atomic E-state index is 12.7. The minimum Gasteiger partial charge on any atom is -0.504 e. The van der Waals surface area contributed by atoms with Crippen molar-refractivity contribution >= 4 is 6.21 Å². The van der Waals surface area contributed by atoms with Crippen LogP contribution in [0.25, 0.3) is 0 Å². The zero-order valence-corrected chi connectivity index (χ0v) is 6.06. The van der Waals surface area contributed by atoms with Gasteiger partial charge in [0.25, 0.3) is 0 Å². The summed E-state index contributed by atoms with van der Waals surface area (Å²) < 4.78 is 12.7. The van der Waals surface area contributed by atoms with E-state index in [0.717, 1.165) is 6.21 Å². The van der Waals surface area contributed by atoms with Crippen LogP contribution in [0.15, 0.2) is 12.1 Å². The average Bonchev–Trinajstić information content (AvgIpc) is 1.96. The second-order valence-electron chi connectivity index (χ2n) is 2.33. The van der Waals surface area contributed by atoms with Gasteiger partial charge in [-0.3, -0.25) is 0 Å². The van der Waals surface area contributed by atoms with Crippen molar-refractivity contribution in [3.8, 4) is 5.75 Å². The van der Waals surface area contributed by atoms with E-state index >= 15 is 0 Å². The monoisotopic (exact) mass is 153 g/mol. The summed E-state index contributed by atoms with van der Waals surface area (Å²) in [7, 11) is 0. The Morgan fingerprint density at radius 2 is 2.18 bits per heavy atom. The number of hydrogen-bond acceptors (Lipinski definition) is 2. The molecule has 0 saturated carbocycles. The molecule has 0 fully saturated rings. The minimum absolute atomic E-state index is 0.211. The molecular weight excluding hydrogens is 145 g/mol. The lowest BCUT2D eigenvalue weighted by Gasteiger charge is -2.00. The molecule has 1 aromatic rings. The molecule has 2 nitrogen and oxygen atoms in total. The lowest BCUT2D eigenvalue weighted by atomic mass is 10.1. The van der Waals surface area contributed by atoms with Crippen molar-refractivity contribution in [3.05, 3.63) is 29.1 Å². The summed E-state index contributed by atoms with van der Waals surface area (Å²) in [6.45, 7) is 1.70. The van der Waals surface area contributed by atoms with E-state index < -0.39 is 11.6 Å². The zero-order valence-electron chi connectivity index (χ0n) is 6.06. The van der Waals surface area contributed by atoms with Gasteiger partial charge in [-0.05, 0) is 24.6 Å². The van der Waals surface area contributed by atoms with Crippen molar-refractivity contribution in [2.45, 2.75) is 6.92 Å². The van der Waals surface area contributed by atoms with E-state index in [-0.39, 0.29) is 5.56 Å². The number of benzene rings is 1. The van der Waals surface area contributed by atoms with Gasteiger partial charge >= 0.3 is 0 Å². The first-order chi connectivity index (χ1) is 5.15. The third-order valence-corrected chi connectivity index (χ3v) is 1.39. The Balaban J connectivity index is 3.35. The predicted molar refractivity (Wildman–Crippen MR) is 40.7 cm³/mol. The van der Waals surface area contributed by atoms with Gasteiger partial charge in [-0.25, -0.2) is 4.39 Å². The molecule has 58 valence electrons. The van der Waals surface area contributed by atoms with Crippen LogP contribution in [0.1, 0.15) is 11.1 Å². The summed E-state index contributed by atoms with van der Waals surface area (Å²) in [5.74, 6) is -1.13. The number of rotatable bonds is 1. The van der Waals surface area contributed by atoms with E-state index in [1.807, 2.05) is 0 Å². The summed E-state index contributed by atoms with van der Waals surface area (Å²) in [6.07, 6.45) is 0.922. The molecule has 0 spiro atoms. The van der Waals surface area contributed by atoms with Crippen LogP contribution >= 0.6 is 0 Å². The summed E-state index contributed by atoms with van der Waals surface area (Å²) in [4.78, 5) is 0. The molecule has 0 unspecified atom stereocenters. The Morgan fingerprint density at radius 1 is 1.55 bits per heavy atom. The van der Waals surface area contributed by atoms with Crippen molar-refractivity contribution in [2.24, 2.45) is 0 Å². The molecule has 0 heterocycles. The van der Waals surface area contributed by atoms with Gasteiger partial charge in [-0.2, -0.15) is 0 Å². The molecule has 2 N–H and O–H groups in total. The highest BCUT2D eigenvalue weighted by Crippen LogP contribution is 2.20. The molecule has 0 aliphatic carbocycles. The molecule has 0 amide bonds. The Hall–Kier alpha value is -1.38. The summed E-state index contributed by atoms with van der Waals surface area (Å²) in [6, 6.07) is 2.77. The number of hydrogen-bond donors (Lipinski definition) is 2. The Labute approximate surface area is 63.8 Å². The van der Waals surface area contributed by atoms with Crippen LogP contribution in [-0.4, -0.2) is 11.3 Å². The number of halogens is 1. The van der Waals surface area contributed by atoms with Crippen LogP contribution in [0.3, 0.4) is 0 Å². The second kappa shape index (κ2) is 2.70. The van der Waals surface area contributed by atoms with Crippen molar-refractivity contribution in [2.75, 3.05) is 0 Å². The first-order valence-electron chi connectivity index (χ1n) is 3.14. The molecule has 1 aromatic carbocycles. The fraction of sp³-hybridized carbons (Fsp3) is 0.125. The van der Waals surface area contributed by atoms with Crippen LogP contribution in [0, 0.1) is 18.2 Å². The van der Waals surface area contributed by atoms with Crippen molar-refractivity contribution in [1.82, 2.24) is 0 Å². The van der Waals surface area contributed by atoms with Gasteiger partial charge in [0.1, 0.15) is 0 Å². The SMILES string of the molecule is Cc1cc(F)c(O)c(C=N)c1. The van der Waals surface area contributed by atoms with E-state index in [4.69, 9.17) is 10.5 Å². The molecule has 1 rings (SSSR count). The highest BCUT2D eigenvalue weighted by Gasteiger charge is 2.04.